The van der Waals surface area contributed by atoms with Crippen molar-refractivity contribution in [3.8, 4) is 17.2 Å². The molecule has 0 atom stereocenters. The number of rotatable bonds is 7. The molecule has 1 N–H and O–H groups in total. The van der Waals surface area contributed by atoms with Gasteiger partial charge in [0.05, 0.1) is 5.56 Å². The van der Waals surface area contributed by atoms with Crippen LogP contribution in [0.5, 0.6) is 17.2 Å². The van der Waals surface area contributed by atoms with Gasteiger partial charge >= 0.3 is 12.8 Å². The minimum absolute atomic E-state index is 0.0505. The molecule has 0 saturated carbocycles. The zero-order valence-electron chi connectivity index (χ0n) is 15.2. The van der Waals surface area contributed by atoms with Crippen molar-refractivity contribution in [1.82, 2.24) is 0 Å². The van der Waals surface area contributed by atoms with Crippen LogP contribution in [0.1, 0.15) is 11.1 Å². The summed E-state index contributed by atoms with van der Waals surface area (Å²) < 4.78 is 86.3. The maximum Gasteiger partial charge on any atom is 0.416 e. The molecule has 0 amide bonds. The van der Waals surface area contributed by atoms with Crippen molar-refractivity contribution in [2.24, 2.45) is 0 Å². The van der Waals surface area contributed by atoms with Crippen LogP contribution in [0, 0.1) is 5.82 Å². The van der Waals surface area contributed by atoms with E-state index in [4.69, 9.17) is 4.74 Å². The predicted molar refractivity (Wildman–Crippen MR) is 98.3 cm³/mol. The Balaban J connectivity index is 1.66. The maximum atomic E-state index is 13.9. The largest absolute Gasteiger partial charge is 0.457 e. The number of alkyl halides is 5. The average Bonchev–Trinajstić information content (AvgIpc) is 2.66. The Bertz CT molecular complexity index is 1010. The molecule has 3 nitrogen and oxygen atoms in total. The van der Waals surface area contributed by atoms with Crippen LogP contribution in [-0.2, 0) is 12.7 Å². The van der Waals surface area contributed by atoms with Gasteiger partial charge in [-0.2, -0.15) is 22.0 Å². The highest BCUT2D eigenvalue weighted by molar-refractivity contribution is 5.50. The van der Waals surface area contributed by atoms with Crippen molar-refractivity contribution in [3.05, 3.63) is 83.7 Å². The number of halogens is 6. The van der Waals surface area contributed by atoms with E-state index in [2.05, 4.69) is 10.1 Å². The highest BCUT2D eigenvalue weighted by atomic mass is 19.4. The fourth-order valence-corrected chi connectivity index (χ4v) is 2.58. The molecule has 0 bridgehead atoms. The van der Waals surface area contributed by atoms with Crippen LogP contribution in [0.2, 0.25) is 0 Å². The minimum atomic E-state index is -4.61. The molecule has 0 aromatic heterocycles. The monoisotopic (exact) mass is 427 g/mol. The minimum Gasteiger partial charge on any atom is -0.457 e. The van der Waals surface area contributed by atoms with E-state index in [1.54, 1.807) is 30.3 Å². The zero-order valence-corrected chi connectivity index (χ0v) is 15.2. The van der Waals surface area contributed by atoms with Crippen molar-refractivity contribution in [3.63, 3.8) is 0 Å². The Hall–Kier alpha value is -3.36. The summed E-state index contributed by atoms with van der Waals surface area (Å²) >= 11 is 0. The van der Waals surface area contributed by atoms with Gasteiger partial charge in [0.2, 0.25) is 0 Å². The summed E-state index contributed by atoms with van der Waals surface area (Å²) in [5.41, 5.74) is -0.477. The van der Waals surface area contributed by atoms with Gasteiger partial charge in [-0.3, -0.25) is 0 Å². The molecule has 30 heavy (non-hydrogen) atoms. The molecule has 0 aliphatic heterocycles. The molecule has 9 heteroatoms. The molecule has 0 unspecified atom stereocenters. The van der Waals surface area contributed by atoms with Crippen molar-refractivity contribution in [2.75, 3.05) is 5.32 Å². The average molecular weight is 427 g/mol. The first kappa shape index (κ1) is 21.4. The van der Waals surface area contributed by atoms with E-state index in [0.717, 1.165) is 12.1 Å². The Kier molecular flexibility index (Phi) is 6.39. The summed E-state index contributed by atoms with van der Waals surface area (Å²) in [4.78, 5) is 0. The van der Waals surface area contributed by atoms with Gasteiger partial charge in [0, 0.05) is 29.9 Å². The molecule has 0 fully saturated rings. The molecular weight excluding hydrogens is 412 g/mol. The van der Waals surface area contributed by atoms with E-state index in [1.807, 2.05) is 0 Å². The van der Waals surface area contributed by atoms with Gasteiger partial charge in [-0.1, -0.05) is 18.2 Å². The Labute approximate surface area is 167 Å². The van der Waals surface area contributed by atoms with Crippen LogP contribution in [0.3, 0.4) is 0 Å². The Morgan fingerprint density at radius 1 is 0.833 bits per heavy atom. The smallest absolute Gasteiger partial charge is 0.416 e. The zero-order chi connectivity index (χ0) is 21.7. The number of ether oxygens (including phenoxy) is 2. The SMILES string of the molecule is Fc1cc(C(F)(F)F)ccc1CNc1cccc(Oc2cccc(OC(F)F)c2)c1. The molecule has 0 heterocycles. The molecule has 0 aliphatic carbocycles. The number of anilines is 1. The Morgan fingerprint density at radius 2 is 1.50 bits per heavy atom. The maximum absolute atomic E-state index is 13.9. The third-order valence-electron chi connectivity index (χ3n) is 3.96. The van der Waals surface area contributed by atoms with Gasteiger partial charge in [0.15, 0.2) is 0 Å². The highest BCUT2D eigenvalue weighted by Crippen LogP contribution is 2.31. The normalized spacial score (nSPS) is 11.4. The first-order valence-corrected chi connectivity index (χ1v) is 8.63. The second-order valence-corrected chi connectivity index (χ2v) is 6.14. The van der Waals surface area contributed by atoms with E-state index in [9.17, 15) is 26.3 Å². The first-order chi connectivity index (χ1) is 14.2. The second-order valence-electron chi connectivity index (χ2n) is 6.14. The van der Waals surface area contributed by atoms with E-state index in [-0.39, 0.29) is 23.6 Å². The lowest BCUT2D eigenvalue weighted by atomic mass is 10.1. The van der Waals surface area contributed by atoms with E-state index < -0.39 is 24.2 Å². The van der Waals surface area contributed by atoms with Gasteiger partial charge in [0.25, 0.3) is 0 Å². The quantitative estimate of drug-likeness (QED) is 0.418. The standard InChI is InChI=1S/C21H15F6NO2/c22-19-9-14(21(25,26)27)8-7-13(19)12-28-15-3-1-4-16(10-15)29-17-5-2-6-18(11-17)30-20(23)24/h1-11,20,28H,12H2. The van der Waals surface area contributed by atoms with E-state index >= 15 is 0 Å². The summed E-state index contributed by atoms with van der Waals surface area (Å²) in [5.74, 6) is -0.406. The van der Waals surface area contributed by atoms with Crippen LogP contribution >= 0.6 is 0 Å². The van der Waals surface area contributed by atoms with Crippen molar-refractivity contribution in [1.29, 1.82) is 0 Å². The van der Waals surface area contributed by atoms with Crippen molar-refractivity contribution >= 4 is 5.69 Å². The van der Waals surface area contributed by atoms with E-state index in [1.165, 1.54) is 18.2 Å². The van der Waals surface area contributed by atoms with Crippen LogP contribution in [0.15, 0.2) is 66.7 Å². The van der Waals surface area contributed by atoms with Crippen LogP contribution in [0.25, 0.3) is 0 Å². The third kappa shape index (κ3) is 5.82. The van der Waals surface area contributed by atoms with Crippen molar-refractivity contribution < 1.29 is 35.8 Å². The first-order valence-electron chi connectivity index (χ1n) is 8.63. The highest BCUT2D eigenvalue weighted by Gasteiger charge is 2.31. The van der Waals surface area contributed by atoms with Gasteiger partial charge < -0.3 is 14.8 Å². The summed E-state index contributed by atoms with van der Waals surface area (Å²) in [6.07, 6.45) is -4.61. The summed E-state index contributed by atoms with van der Waals surface area (Å²) in [7, 11) is 0. The lowest BCUT2D eigenvalue weighted by molar-refractivity contribution is -0.137. The molecular formula is C21H15F6NO2. The predicted octanol–water partition coefficient (Wildman–Crippen LogP) is 6.85. The topological polar surface area (TPSA) is 30.5 Å². The van der Waals surface area contributed by atoms with Gasteiger partial charge in [-0.05, 0) is 36.4 Å². The number of nitrogens with one attached hydrogen (secondary N) is 1. The Morgan fingerprint density at radius 3 is 2.17 bits per heavy atom. The lowest BCUT2D eigenvalue weighted by Gasteiger charge is -2.12. The number of hydrogen-bond donors (Lipinski definition) is 1. The summed E-state index contributed by atoms with van der Waals surface area (Å²) in [6, 6.07) is 14.5. The molecule has 0 aliphatic rings. The molecule has 0 radical (unpaired) electrons. The molecule has 3 aromatic rings. The van der Waals surface area contributed by atoms with Crippen molar-refractivity contribution in [2.45, 2.75) is 19.3 Å². The summed E-state index contributed by atoms with van der Waals surface area (Å²) in [5, 5.41) is 2.90. The second kappa shape index (κ2) is 8.98. The van der Waals surface area contributed by atoms with Crippen LogP contribution in [0.4, 0.5) is 32.0 Å². The molecule has 158 valence electrons. The van der Waals surface area contributed by atoms with Gasteiger partial charge in [0.1, 0.15) is 23.1 Å². The van der Waals surface area contributed by atoms with Gasteiger partial charge in [-0.25, -0.2) is 4.39 Å². The van der Waals surface area contributed by atoms with Crippen LogP contribution < -0.4 is 14.8 Å². The molecule has 0 saturated heterocycles. The van der Waals surface area contributed by atoms with E-state index in [0.29, 0.717) is 17.5 Å². The fraction of sp³-hybridized carbons (Fsp3) is 0.143. The number of benzene rings is 3. The number of hydrogen-bond acceptors (Lipinski definition) is 3. The fourth-order valence-electron chi connectivity index (χ4n) is 2.58. The summed E-state index contributed by atoms with van der Waals surface area (Å²) in [6.45, 7) is -3.01. The third-order valence-corrected chi connectivity index (χ3v) is 3.96. The van der Waals surface area contributed by atoms with Gasteiger partial charge in [-0.15, -0.1) is 0 Å². The lowest BCUT2D eigenvalue weighted by Crippen LogP contribution is -2.08. The van der Waals surface area contributed by atoms with Crippen LogP contribution in [-0.4, -0.2) is 6.61 Å². The molecule has 0 spiro atoms. The molecule has 3 aromatic carbocycles. The molecule has 3 rings (SSSR count).